The van der Waals surface area contributed by atoms with Crippen molar-refractivity contribution in [1.82, 2.24) is 0 Å². The Kier molecular flexibility index (Phi) is 3.39. The number of fused-ring (bicyclic) bond motifs is 2. The van der Waals surface area contributed by atoms with E-state index >= 15 is 0 Å². The third-order valence-electron chi connectivity index (χ3n) is 9.49. The van der Waals surface area contributed by atoms with Crippen molar-refractivity contribution in [2.24, 2.45) is 29.1 Å². The van der Waals surface area contributed by atoms with Gasteiger partial charge in [-0.25, -0.2) is 0 Å². The molecular formula is C23H32O5. The molecule has 5 nitrogen and oxygen atoms in total. The fourth-order valence-corrected chi connectivity index (χ4v) is 8.19. The number of hydrogen-bond donors (Lipinski definition) is 1. The Labute approximate surface area is 166 Å². The second-order valence-corrected chi connectivity index (χ2v) is 10.7. The zero-order valence-corrected chi connectivity index (χ0v) is 17.2. The number of ketones is 1. The van der Waals surface area contributed by atoms with Crippen LogP contribution in [0.25, 0.3) is 0 Å². The molecule has 0 aromatic rings. The summed E-state index contributed by atoms with van der Waals surface area (Å²) in [6.45, 7) is 6.10. The van der Waals surface area contributed by atoms with Crippen LogP contribution in [0.15, 0.2) is 11.5 Å². The molecule has 0 unspecified atom stereocenters. The van der Waals surface area contributed by atoms with Crippen molar-refractivity contribution in [3.05, 3.63) is 11.5 Å². The van der Waals surface area contributed by atoms with E-state index < -0.39 is 11.2 Å². The van der Waals surface area contributed by atoms with Crippen molar-refractivity contribution < 1.29 is 24.1 Å². The topological polar surface area (TPSA) is 65.0 Å². The lowest BCUT2D eigenvalue weighted by Gasteiger charge is -2.51. The maximum Gasteiger partial charge on any atom is 0.278 e. The predicted octanol–water partition coefficient (Wildman–Crippen LogP) is 4.26. The Morgan fingerprint density at radius 1 is 1.14 bits per heavy atom. The molecular weight excluding hydrogens is 356 g/mol. The number of carbonyl (C=O) groups excluding carboxylic acids is 1. The van der Waals surface area contributed by atoms with Gasteiger partial charge in [0.1, 0.15) is 18.0 Å². The summed E-state index contributed by atoms with van der Waals surface area (Å²) < 4.78 is 19.8. The number of Topliss-reactive ketones (excluding diaryl/α,β-unsaturated/α-hetero) is 1. The van der Waals surface area contributed by atoms with Crippen LogP contribution in [0, 0.1) is 29.1 Å². The van der Waals surface area contributed by atoms with E-state index in [1.807, 2.05) is 6.92 Å². The highest BCUT2D eigenvalue weighted by atomic mass is 16.7. The van der Waals surface area contributed by atoms with Crippen LogP contribution in [-0.2, 0) is 19.0 Å². The molecule has 1 N–H and O–H groups in total. The van der Waals surface area contributed by atoms with Crippen LogP contribution in [0.5, 0.6) is 0 Å². The molecule has 3 saturated heterocycles. The minimum atomic E-state index is -0.714. The predicted molar refractivity (Wildman–Crippen MR) is 101 cm³/mol. The highest BCUT2D eigenvalue weighted by Crippen LogP contribution is 2.70. The van der Waals surface area contributed by atoms with E-state index in [2.05, 4.69) is 13.8 Å². The molecule has 5 heteroatoms. The summed E-state index contributed by atoms with van der Waals surface area (Å²) in [4.78, 5) is 13.6. The Morgan fingerprint density at radius 3 is 2.79 bits per heavy atom. The molecule has 0 aromatic carbocycles. The SMILES string of the molecule is CC1=C(O)O[C@@H]2[C@H]3[C@H](C)C(=O)[C@@]4(C)CC[C@]56CCCCC[C@H]5C[C@@](O[C@H]12)(O6)[C@@H]34. The quantitative estimate of drug-likeness (QED) is 0.672. The molecule has 2 bridgehead atoms. The minimum Gasteiger partial charge on any atom is -0.481 e. The summed E-state index contributed by atoms with van der Waals surface area (Å²) in [7, 11) is 0. The second-order valence-electron chi connectivity index (χ2n) is 10.7. The second kappa shape index (κ2) is 5.34. The molecule has 6 aliphatic rings. The average molecular weight is 389 g/mol. The molecule has 0 aromatic heterocycles. The number of aliphatic hydroxyl groups excluding tert-OH is 1. The number of ether oxygens (including phenoxy) is 3. The lowest BCUT2D eigenvalue weighted by Crippen LogP contribution is -2.60. The van der Waals surface area contributed by atoms with E-state index in [4.69, 9.17) is 14.2 Å². The van der Waals surface area contributed by atoms with Crippen LogP contribution in [0.3, 0.4) is 0 Å². The van der Waals surface area contributed by atoms with Crippen LogP contribution in [0.1, 0.15) is 72.1 Å². The molecule has 4 heterocycles. The van der Waals surface area contributed by atoms with Crippen LogP contribution >= 0.6 is 0 Å². The first-order chi connectivity index (χ1) is 13.3. The van der Waals surface area contributed by atoms with Gasteiger partial charge >= 0.3 is 0 Å². The van der Waals surface area contributed by atoms with Gasteiger partial charge in [0.15, 0.2) is 5.79 Å². The van der Waals surface area contributed by atoms with Gasteiger partial charge in [-0.3, -0.25) is 4.79 Å². The van der Waals surface area contributed by atoms with Crippen LogP contribution in [0.4, 0.5) is 0 Å². The van der Waals surface area contributed by atoms with Crippen LogP contribution in [-0.4, -0.2) is 34.5 Å². The number of hydrogen-bond acceptors (Lipinski definition) is 5. The monoisotopic (exact) mass is 388 g/mol. The van der Waals surface area contributed by atoms with Gasteiger partial charge in [-0.15, -0.1) is 0 Å². The summed E-state index contributed by atoms with van der Waals surface area (Å²) >= 11 is 0. The molecule has 154 valence electrons. The molecule has 2 saturated carbocycles. The molecule has 6 rings (SSSR count). The van der Waals surface area contributed by atoms with Gasteiger partial charge in [0.25, 0.3) is 5.95 Å². The van der Waals surface area contributed by atoms with E-state index in [1.165, 1.54) is 25.7 Å². The lowest BCUT2D eigenvalue weighted by atomic mass is 9.62. The van der Waals surface area contributed by atoms with E-state index in [-0.39, 0.29) is 41.5 Å². The third-order valence-corrected chi connectivity index (χ3v) is 9.49. The fraction of sp³-hybridized carbons (Fsp3) is 0.870. The normalized spacial score (nSPS) is 57.2. The van der Waals surface area contributed by atoms with Crippen molar-refractivity contribution in [3.8, 4) is 0 Å². The molecule has 4 aliphatic heterocycles. The summed E-state index contributed by atoms with van der Waals surface area (Å²) in [6.07, 6.45) is 8.20. The number of aliphatic hydroxyl groups is 1. The van der Waals surface area contributed by atoms with Crippen molar-refractivity contribution >= 4 is 5.78 Å². The number of rotatable bonds is 0. The minimum absolute atomic E-state index is 0.00810. The largest absolute Gasteiger partial charge is 0.481 e. The highest BCUT2D eigenvalue weighted by molar-refractivity contribution is 5.90. The molecule has 2 spiro atoms. The first-order valence-corrected chi connectivity index (χ1v) is 11.3. The Morgan fingerprint density at radius 2 is 1.96 bits per heavy atom. The van der Waals surface area contributed by atoms with Crippen LogP contribution in [0.2, 0.25) is 0 Å². The smallest absolute Gasteiger partial charge is 0.278 e. The van der Waals surface area contributed by atoms with Crippen molar-refractivity contribution in [2.45, 2.75) is 95.7 Å². The zero-order valence-electron chi connectivity index (χ0n) is 17.2. The van der Waals surface area contributed by atoms with E-state index in [9.17, 15) is 9.90 Å². The first kappa shape index (κ1) is 17.8. The van der Waals surface area contributed by atoms with Gasteiger partial charge in [-0.1, -0.05) is 33.1 Å². The fourth-order valence-electron chi connectivity index (χ4n) is 8.19. The first-order valence-electron chi connectivity index (χ1n) is 11.3. The van der Waals surface area contributed by atoms with E-state index in [0.717, 1.165) is 31.3 Å². The standard InChI is InChI=1S/C23H32O5/c1-12-15-17-16(13(2)20(25)26-17)27-23-11-14-7-5-4-6-8-22(14,28-23)10-9-21(3,18(15)23)19(12)24/h12,14-18,25H,4-11H2,1-3H3/t12-,14-,15+,16+,17+,18-,21-,22+,23+/m0/s1. The van der Waals surface area contributed by atoms with Crippen molar-refractivity contribution in [2.75, 3.05) is 0 Å². The molecule has 0 amide bonds. The maximum atomic E-state index is 13.6. The Hall–Kier alpha value is -1.07. The summed E-state index contributed by atoms with van der Waals surface area (Å²) in [5.41, 5.74) is 0.190. The molecule has 5 fully saturated rings. The van der Waals surface area contributed by atoms with Crippen molar-refractivity contribution in [1.29, 1.82) is 0 Å². The molecule has 0 radical (unpaired) electrons. The van der Waals surface area contributed by atoms with Gasteiger partial charge in [0.2, 0.25) is 0 Å². The average Bonchev–Trinajstić information content (AvgIpc) is 3.08. The Bertz CT molecular complexity index is 775. The lowest BCUT2D eigenvalue weighted by molar-refractivity contribution is -0.338. The van der Waals surface area contributed by atoms with Gasteiger partial charge in [0, 0.05) is 35.2 Å². The van der Waals surface area contributed by atoms with Crippen LogP contribution < -0.4 is 0 Å². The molecule has 2 aliphatic carbocycles. The van der Waals surface area contributed by atoms with Gasteiger partial charge in [0.05, 0.1) is 5.60 Å². The number of carbonyl (C=O) groups is 1. The van der Waals surface area contributed by atoms with Gasteiger partial charge in [-0.05, 0) is 38.5 Å². The van der Waals surface area contributed by atoms with Crippen molar-refractivity contribution in [3.63, 3.8) is 0 Å². The van der Waals surface area contributed by atoms with Gasteiger partial charge in [-0.2, -0.15) is 0 Å². The summed E-state index contributed by atoms with van der Waals surface area (Å²) in [5, 5.41) is 10.3. The third kappa shape index (κ3) is 1.89. The summed E-state index contributed by atoms with van der Waals surface area (Å²) in [5.74, 6) is 0.0824. The maximum absolute atomic E-state index is 13.6. The molecule has 9 atom stereocenters. The zero-order chi connectivity index (χ0) is 19.5. The molecule has 28 heavy (non-hydrogen) atoms. The summed E-state index contributed by atoms with van der Waals surface area (Å²) in [6, 6.07) is 0. The van der Waals surface area contributed by atoms with Gasteiger partial charge < -0.3 is 19.3 Å². The van der Waals surface area contributed by atoms with E-state index in [0.29, 0.717) is 11.7 Å². The Balaban J connectivity index is 1.52. The van der Waals surface area contributed by atoms with E-state index in [1.54, 1.807) is 0 Å². The highest BCUT2D eigenvalue weighted by Gasteiger charge is 2.76.